The van der Waals surface area contributed by atoms with Gasteiger partial charge < -0.3 is 33.8 Å². The molecule has 0 rings (SSSR count). The normalized spacial score (nSPS) is 14.4. The Labute approximate surface area is 511 Å². The van der Waals surface area contributed by atoms with Gasteiger partial charge in [0.15, 0.2) is 12.2 Å². The van der Waals surface area contributed by atoms with Crippen LogP contribution in [0.5, 0.6) is 0 Å². The third-order valence-corrected chi connectivity index (χ3v) is 16.7. The van der Waals surface area contributed by atoms with E-state index in [2.05, 4.69) is 55.4 Å². The highest BCUT2D eigenvalue weighted by Crippen LogP contribution is 2.45. The molecule has 498 valence electrons. The van der Waals surface area contributed by atoms with Gasteiger partial charge in [-0.15, -0.1) is 0 Å². The minimum absolute atomic E-state index is 0.102. The van der Waals surface area contributed by atoms with Crippen LogP contribution in [0.3, 0.4) is 0 Å². The number of carbonyl (C=O) groups is 4. The van der Waals surface area contributed by atoms with Crippen molar-refractivity contribution in [2.45, 2.75) is 331 Å². The zero-order valence-electron chi connectivity index (χ0n) is 54.5. The van der Waals surface area contributed by atoms with Gasteiger partial charge in [-0.25, -0.2) is 9.13 Å². The predicted molar refractivity (Wildman–Crippen MR) is 335 cm³/mol. The van der Waals surface area contributed by atoms with Crippen LogP contribution in [0.1, 0.15) is 312 Å². The number of phosphoric acid groups is 2. The van der Waals surface area contributed by atoms with E-state index in [-0.39, 0.29) is 25.7 Å². The summed E-state index contributed by atoms with van der Waals surface area (Å²) >= 11 is 0. The van der Waals surface area contributed by atoms with E-state index in [9.17, 15) is 43.2 Å². The number of ether oxygens (including phenoxy) is 4. The number of esters is 4. The topological polar surface area (TPSA) is 237 Å². The number of unbranched alkanes of at least 4 members (excludes halogenated alkanes) is 28. The van der Waals surface area contributed by atoms with E-state index in [1.54, 1.807) is 0 Å². The van der Waals surface area contributed by atoms with Gasteiger partial charge in [0.2, 0.25) is 0 Å². The number of hydrogen-bond donors (Lipinski definition) is 3. The van der Waals surface area contributed by atoms with Crippen molar-refractivity contribution in [3.8, 4) is 0 Å². The predicted octanol–water partition coefficient (Wildman–Crippen LogP) is 17.8. The second-order valence-corrected chi connectivity index (χ2v) is 28.3. The van der Waals surface area contributed by atoms with Crippen LogP contribution in [0.25, 0.3) is 0 Å². The summed E-state index contributed by atoms with van der Waals surface area (Å²) in [6.07, 6.45) is 35.1. The third kappa shape index (κ3) is 59.0. The molecule has 0 spiro atoms. The van der Waals surface area contributed by atoms with E-state index in [1.807, 2.05) is 0 Å². The van der Waals surface area contributed by atoms with Gasteiger partial charge in [-0.1, -0.05) is 261 Å². The summed E-state index contributed by atoms with van der Waals surface area (Å²) in [6.45, 7) is 13.9. The molecule has 0 aliphatic heterocycles. The molecule has 0 aromatic rings. The molecule has 19 heteroatoms. The van der Waals surface area contributed by atoms with Crippen LogP contribution in [0.15, 0.2) is 0 Å². The summed E-state index contributed by atoms with van der Waals surface area (Å²) in [5, 5.41) is 10.5. The van der Waals surface area contributed by atoms with E-state index in [4.69, 9.17) is 37.0 Å². The summed E-state index contributed by atoms with van der Waals surface area (Å²) in [6, 6.07) is 0. The first-order valence-corrected chi connectivity index (χ1v) is 36.7. The lowest BCUT2D eigenvalue weighted by atomic mass is 10.0. The molecule has 17 nitrogen and oxygen atoms in total. The fourth-order valence-corrected chi connectivity index (χ4v) is 11.2. The number of carbonyl (C=O) groups excluding carboxylic acids is 4. The second-order valence-electron chi connectivity index (χ2n) is 25.4. The average molecular weight is 1240 g/mol. The van der Waals surface area contributed by atoms with Crippen LogP contribution in [-0.4, -0.2) is 96.7 Å². The molecule has 0 saturated heterocycles. The molecule has 84 heavy (non-hydrogen) atoms. The van der Waals surface area contributed by atoms with E-state index in [1.165, 1.54) is 103 Å². The molecule has 0 amide bonds. The number of aliphatic hydroxyl groups is 1. The van der Waals surface area contributed by atoms with Crippen LogP contribution in [0.2, 0.25) is 0 Å². The molecular weight excluding hydrogens is 1110 g/mol. The maximum atomic E-state index is 13.0. The van der Waals surface area contributed by atoms with Crippen LogP contribution in [0, 0.1) is 23.7 Å². The number of hydrogen-bond acceptors (Lipinski definition) is 15. The molecule has 0 aromatic carbocycles. The van der Waals surface area contributed by atoms with Gasteiger partial charge in [0.25, 0.3) is 0 Å². The molecular formula is C65H126O17P2. The lowest BCUT2D eigenvalue weighted by Crippen LogP contribution is -2.30. The van der Waals surface area contributed by atoms with Gasteiger partial charge in [-0.3, -0.25) is 37.3 Å². The summed E-state index contributed by atoms with van der Waals surface area (Å²) in [7, 11) is -9.89. The first-order chi connectivity index (χ1) is 40.1. The van der Waals surface area contributed by atoms with Crippen molar-refractivity contribution in [1.29, 1.82) is 0 Å². The Kier molecular flexibility index (Phi) is 53.9. The van der Waals surface area contributed by atoms with E-state index in [0.717, 1.165) is 109 Å². The molecule has 0 bridgehead atoms. The molecule has 0 heterocycles. The van der Waals surface area contributed by atoms with Crippen molar-refractivity contribution >= 4 is 39.5 Å². The molecule has 0 saturated carbocycles. The van der Waals surface area contributed by atoms with E-state index in [0.29, 0.717) is 43.4 Å². The lowest BCUT2D eigenvalue weighted by Gasteiger charge is -2.21. The highest BCUT2D eigenvalue weighted by molar-refractivity contribution is 7.47. The Morgan fingerprint density at radius 1 is 0.298 bits per heavy atom. The zero-order valence-corrected chi connectivity index (χ0v) is 56.3. The summed E-state index contributed by atoms with van der Waals surface area (Å²) in [5.74, 6) is 0.731. The number of rotatable bonds is 62. The van der Waals surface area contributed by atoms with Gasteiger partial charge >= 0.3 is 39.5 Å². The van der Waals surface area contributed by atoms with Crippen molar-refractivity contribution in [1.82, 2.24) is 0 Å². The zero-order chi connectivity index (χ0) is 62.5. The minimum atomic E-state index is -4.95. The number of aliphatic hydroxyl groups excluding tert-OH is 1. The second kappa shape index (κ2) is 55.2. The Morgan fingerprint density at radius 3 is 0.738 bits per heavy atom. The molecule has 0 fully saturated rings. The van der Waals surface area contributed by atoms with Crippen molar-refractivity contribution in [3.05, 3.63) is 0 Å². The first kappa shape index (κ1) is 82.1. The first-order valence-electron chi connectivity index (χ1n) is 33.7. The van der Waals surface area contributed by atoms with Crippen LogP contribution in [-0.2, 0) is 65.4 Å². The van der Waals surface area contributed by atoms with Crippen LogP contribution in [0.4, 0.5) is 0 Å². The fourth-order valence-electron chi connectivity index (χ4n) is 9.61. The average Bonchev–Trinajstić information content (AvgIpc) is 3.43. The molecule has 0 aliphatic carbocycles. The van der Waals surface area contributed by atoms with Crippen molar-refractivity contribution < 1.29 is 80.2 Å². The fraction of sp³-hybridized carbons (Fsp3) is 0.938. The Balaban J connectivity index is 5.25. The smallest absolute Gasteiger partial charge is 0.462 e. The molecule has 0 radical (unpaired) electrons. The van der Waals surface area contributed by atoms with Crippen LogP contribution >= 0.6 is 15.6 Å². The van der Waals surface area contributed by atoms with Crippen molar-refractivity contribution in [2.24, 2.45) is 23.7 Å². The van der Waals surface area contributed by atoms with E-state index >= 15 is 0 Å². The molecule has 3 N–H and O–H groups in total. The number of phosphoric ester groups is 2. The Bertz CT molecular complexity index is 1680. The van der Waals surface area contributed by atoms with Crippen molar-refractivity contribution in [2.75, 3.05) is 39.6 Å². The summed E-state index contributed by atoms with van der Waals surface area (Å²) < 4.78 is 68.0. The lowest BCUT2D eigenvalue weighted by molar-refractivity contribution is -0.161. The Morgan fingerprint density at radius 2 is 0.500 bits per heavy atom. The third-order valence-electron chi connectivity index (χ3n) is 14.8. The van der Waals surface area contributed by atoms with Crippen molar-refractivity contribution in [3.63, 3.8) is 0 Å². The van der Waals surface area contributed by atoms with Crippen LogP contribution < -0.4 is 0 Å². The van der Waals surface area contributed by atoms with Gasteiger partial charge in [0.05, 0.1) is 26.4 Å². The summed E-state index contributed by atoms with van der Waals surface area (Å²) in [5.41, 5.74) is 0. The largest absolute Gasteiger partial charge is 0.472 e. The SMILES string of the molecule is CC(C)CCCCCCCCCCCCCC(=O)O[C@H](COC(=O)CCCCCCCCCC(C)C)COP(=O)(O)OCC(O)COP(=O)(O)OC[C@@H](COC(=O)CCCCCCCCCC(C)C)OC(=O)CCCCCCCCCC(C)C. The highest BCUT2D eigenvalue weighted by Gasteiger charge is 2.30. The van der Waals surface area contributed by atoms with Gasteiger partial charge in [0, 0.05) is 25.7 Å². The quantitative estimate of drug-likeness (QED) is 0.0222. The maximum absolute atomic E-state index is 13.0. The highest BCUT2D eigenvalue weighted by atomic mass is 31.2. The minimum Gasteiger partial charge on any atom is -0.462 e. The van der Waals surface area contributed by atoms with Gasteiger partial charge in [-0.2, -0.15) is 0 Å². The molecule has 0 aliphatic rings. The van der Waals surface area contributed by atoms with Gasteiger partial charge in [0.1, 0.15) is 19.3 Å². The van der Waals surface area contributed by atoms with Gasteiger partial charge in [-0.05, 0) is 49.4 Å². The standard InChI is InChI=1S/C65H126O17P2/c1-55(2)41-33-25-17-12-10-9-11-13-21-31-39-47-64(69)81-60(51-75-62(67)45-37-29-22-14-18-26-34-42-56(3)4)53-79-83(71,72)77-49-59(66)50-78-84(73,74)80-54-61(82-65(70)48-40-32-24-16-20-28-36-44-58(7)8)52-76-63(68)46-38-30-23-15-19-27-35-43-57(5)6/h55-61,66H,9-54H2,1-8H3,(H,71,72)(H,73,74)/t59?,60-,61-/m1/s1. The van der Waals surface area contributed by atoms with E-state index < -0.39 is 97.5 Å². The molecule has 0 aromatic heterocycles. The Hall–Kier alpha value is -1.94. The monoisotopic (exact) mass is 1240 g/mol. The molecule has 5 atom stereocenters. The summed E-state index contributed by atoms with van der Waals surface area (Å²) in [4.78, 5) is 72.2. The molecule has 3 unspecified atom stereocenters. The maximum Gasteiger partial charge on any atom is 0.472 e.